The van der Waals surface area contributed by atoms with Gasteiger partial charge in [-0.1, -0.05) is 0 Å². The van der Waals surface area contributed by atoms with Crippen LogP contribution in [0.25, 0.3) is 0 Å². The molecular weight excluding hydrogens is 91.5 g/mol. The zero-order valence-electron chi connectivity index (χ0n) is 2.47. The molecule has 0 saturated heterocycles. The van der Waals surface area contributed by atoms with Gasteiger partial charge >= 0.3 is 0 Å². The van der Waals surface area contributed by atoms with Crippen molar-refractivity contribution in [1.82, 2.24) is 5.43 Å². The second kappa shape index (κ2) is 9.30. The largest absolute Gasteiger partial charge is 0.297 e. The molecule has 0 aromatic carbocycles. The molecule has 0 heterocycles. The molecule has 0 saturated carbocycles. The molecule has 32 valence electrons. The summed E-state index contributed by atoms with van der Waals surface area (Å²) in [5, 5.41) is 0. The summed E-state index contributed by atoms with van der Waals surface area (Å²) in [6.07, 6.45) is 0.403. The number of hydrazine groups is 1. The average molecular weight is 96.5 g/mol. The third kappa shape index (κ3) is 21.2. The molecular formula is CH5ClN2O. The normalized spacial score (nSPS) is 4.20. The van der Waals surface area contributed by atoms with Crippen molar-refractivity contribution in [2.75, 3.05) is 0 Å². The van der Waals surface area contributed by atoms with Crippen LogP contribution in [-0.4, -0.2) is 6.41 Å². The summed E-state index contributed by atoms with van der Waals surface area (Å²) in [4.78, 5) is 8.94. The predicted octanol–water partition coefficient (Wildman–Crippen LogP) is -0.972. The molecule has 4 heteroatoms. The maximum Gasteiger partial charge on any atom is 0.221 e. The number of hydrogen-bond donors (Lipinski definition) is 2. The summed E-state index contributed by atoms with van der Waals surface area (Å²) in [5.74, 6) is 4.41. The van der Waals surface area contributed by atoms with Gasteiger partial charge in [0.15, 0.2) is 0 Å². The van der Waals surface area contributed by atoms with Gasteiger partial charge in [-0.05, 0) is 0 Å². The molecule has 0 spiro atoms. The Morgan fingerprint density at radius 2 is 2.00 bits per heavy atom. The molecule has 0 rings (SSSR count). The highest BCUT2D eigenvalue weighted by atomic mass is 35.5. The summed E-state index contributed by atoms with van der Waals surface area (Å²) in [6.45, 7) is 0. The monoisotopic (exact) mass is 96.0 g/mol. The van der Waals surface area contributed by atoms with E-state index in [2.05, 4.69) is 5.84 Å². The van der Waals surface area contributed by atoms with Gasteiger partial charge in [0, 0.05) is 0 Å². The van der Waals surface area contributed by atoms with Crippen molar-refractivity contribution >= 4 is 18.8 Å². The highest BCUT2D eigenvalue weighted by molar-refractivity contribution is 5.85. The van der Waals surface area contributed by atoms with Gasteiger partial charge in [-0.25, -0.2) is 5.84 Å². The molecule has 0 unspecified atom stereocenters. The Morgan fingerprint density at radius 1 is 1.80 bits per heavy atom. The second-order valence-corrected chi connectivity index (χ2v) is 0.285. The SMILES string of the molecule is Cl.NNC=O. The Kier molecular flexibility index (Phi) is 16.4. The molecule has 0 fully saturated rings. The van der Waals surface area contributed by atoms with Gasteiger partial charge in [0.25, 0.3) is 0 Å². The fourth-order valence-electron chi connectivity index (χ4n) is 0. The minimum atomic E-state index is 0. The average Bonchev–Trinajstić information content (AvgIpc) is 1.37. The van der Waals surface area contributed by atoms with Crippen molar-refractivity contribution in [3.63, 3.8) is 0 Å². The quantitative estimate of drug-likeness (QED) is 0.191. The predicted molar refractivity (Wildman–Crippen MR) is 20.6 cm³/mol. The number of nitrogens with one attached hydrogen (secondary N) is 1. The van der Waals surface area contributed by atoms with E-state index >= 15 is 0 Å². The van der Waals surface area contributed by atoms with Crippen molar-refractivity contribution in [2.45, 2.75) is 0 Å². The summed E-state index contributed by atoms with van der Waals surface area (Å²) < 4.78 is 0. The van der Waals surface area contributed by atoms with Crippen molar-refractivity contribution in [3.8, 4) is 0 Å². The lowest BCUT2D eigenvalue weighted by Crippen LogP contribution is -2.18. The van der Waals surface area contributed by atoms with Crippen LogP contribution in [0, 0.1) is 0 Å². The number of hydrogen-bond acceptors (Lipinski definition) is 2. The molecule has 0 radical (unpaired) electrons. The van der Waals surface area contributed by atoms with Crippen molar-refractivity contribution in [2.24, 2.45) is 5.84 Å². The Balaban J connectivity index is 0. The van der Waals surface area contributed by atoms with E-state index in [0.717, 1.165) is 0 Å². The van der Waals surface area contributed by atoms with Gasteiger partial charge in [-0.2, -0.15) is 0 Å². The van der Waals surface area contributed by atoms with Gasteiger partial charge in [0.05, 0.1) is 0 Å². The van der Waals surface area contributed by atoms with Gasteiger partial charge in [0.1, 0.15) is 0 Å². The number of halogens is 1. The molecule has 0 aliphatic heterocycles. The van der Waals surface area contributed by atoms with Gasteiger partial charge in [-0.3, -0.25) is 10.2 Å². The minimum Gasteiger partial charge on any atom is -0.297 e. The maximum absolute atomic E-state index is 8.94. The first-order valence-electron chi connectivity index (χ1n) is 0.813. The van der Waals surface area contributed by atoms with Crippen LogP contribution in [0.15, 0.2) is 0 Å². The maximum atomic E-state index is 8.94. The van der Waals surface area contributed by atoms with Crippen LogP contribution in [-0.2, 0) is 4.79 Å². The Labute approximate surface area is 35.9 Å². The van der Waals surface area contributed by atoms with Crippen LogP contribution in [0.2, 0.25) is 0 Å². The number of nitrogens with two attached hydrogens (primary N) is 1. The van der Waals surface area contributed by atoms with Gasteiger partial charge in [-0.15, -0.1) is 12.4 Å². The van der Waals surface area contributed by atoms with E-state index in [1.54, 1.807) is 5.43 Å². The molecule has 3 N–H and O–H groups in total. The molecule has 1 amide bonds. The molecule has 0 aliphatic carbocycles. The standard InChI is InChI=1S/CH4N2O.ClH/c2-3-1-4;/h1H,2H2,(H,3,4);1H. The molecule has 5 heavy (non-hydrogen) atoms. The van der Waals surface area contributed by atoms with Crippen molar-refractivity contribution in [1.29, 1.82) is 0 Å². The van der Waals surface area contributed by atoms with Crippen LogP contribution in [0.1, 0.15) is 0 Å². The van der Waals surface area contributed by atoms with Gasteiger partial charge in [0.2, 0.25) is 6.41 Å². The topological polar surface area (TPSA) is 55.1 Å². The number of amides is 1. The molecule has 0 aromatic heterocycles. The zero-order chi connectivity index (χ0) is 3.41. The number of carbonyl (C=O) groups is 1. The Bertz CT molecular complexity index is 23.6. The van der Waals surface area contributed by atoms with E-state index in [1.807, 2.05) is 0 Å². The van der Waals surface area contributed by atoms with Crippen LogP contribution in [0.3, 0.4) is 0 Å². The first kappa shape index (κ1) is 8.83. The lowest BCUT2D eigenvalue weighted by atomic mass is 11.4. The van der Waals surface area contributed by atoms with Crippen molar-refractivity contribution < 1.29 is 4.79 Å². The first-order valence-corrected chi connectivity index (χ1v) is 0.813. The molecule has 3 nitrogen and oxygen atoms in total. The molecule has 0 aromatic rings. The van der Waals surface area contributed by atoms with Crippen LogP contribution in [0.4, 0.5) is 0 Å². The van der Waals surface area contributed by atoms with E-state index < -0.39 is 0 Å². The lowest BCUT2D eigenvalue weighted by Gasteiger charge is -1.66. The van der Waals surface area contributed by atoms with E-state index in [-0.39, 0.29) is 12.4 Å². The van der Waals surface area contributed by atoms with E-state index in [0.29, 0.717) is 6.41 Å². The van der Waals surface area contributed by atoms with E-state index in [9.17, 15) is 0 Å². The molecule has 0 bridgehead atoms. The van der Waals surface area contributed by atoms with E-state index in [1.165, 1.54) is 0 Å². The summed E-state index contributed by atoms with van der Waals surface area (Å²) in [5.41, 5.74) is 1.75. The summed E-state index contributed by atoms with van der Waals surface area (Å²) in [6, 6.07) is 0. The van der Waals surface area contributed by atoms with Crippen LogP contribution < -0.4 is 11.3 Å². The fourth-order valence-corrected chi connectivity index (χ4v) is 0. The first-order chi connectivity index (χ1) is 1.91. The second-order valence-electron chi connectivity index (χ2n) is 0.285. The summed E-state index contributed by atoms with van der Waals surface area (Å²) in [7, 11) is 0. The van der Waals surface area contributed by atoms with Crippen LogP contribution in [0.5, 0.6) is 0 Å². The lowest BCUT2D eigenvalue weighted by molar-refractivity contribution is -0.109. The number of carbonyl (C=O) groups excluding carboxylic acids is 1. The number of rotatable bonds is 1. The molecule has 0 aliphatic rings. The van der Waals surface area contributed by atoms with Crippen LogP contribution >= 0.6 is 12.4 Å². The van der Waals surface area contributed by atoms with E-state index in [4.69, 9.17) is 4.79 Å². The minimum absolute atomic E-state index is 0. The molecule has 0 atom stereocenters. The summed E-state index contributed by atoms with van der Waals surface area (Å²) >= 11 is 0. The Morgan fingerprint density at radius 3 is 2.00 bits per heavy atom. The third-order valence-electron chi connectivity index (χ3n) is 0.0680. The Hall–Kier alpha value is -0.280. The zero-order valence-corrected chi connectivity index (χ0v) is 3.29. The fraction of sp³-hybridized carbons (Fsp3) is 0. The highest BCUT2D eigenvalue weighted by Gasteiger charge is 1.42. The third-order valence-corrected chi connectivity index (χ3v) is 0.0680. The smallest absolute Gasteiger partial charge is 0.221 e. The highest BCUT2D eigenvalue weighted by Crippen LogP contribution is 0.992. The van der Waals surface area contributed by atoms with Crippen molar-refractivity contribution in [3.05, 3.63) is 0 Å². The van der Waals surface area contributed by atoms with Gasteiger partial charge < -0.3 is 0 Å².